The molecular formula is C16H14N2S4. The van der Waals surface area contributed by atoms with Gasteiger partial charge in [-0.3, -0.25) is 0 Å². The van der Waals surface area contributed by atoms with Crippen molar-refractivity contribution in [2.75, 3.05) is 0 Å². The van der Waals surface area contributed by atoms with Gasteiger partial charge in [0.1, 0.15) is 0 Å². The third kappa shape index (κ3) is 5.96. The van der Waals surface area contributed by atoms with Gasteiger partial charge in [-0.1, -0.05) is 58.9 Å². The maximum Gasteiger partial charge on any atom is 0.187 e. The van der Waals surface area contributed by atoms with E-state index in [9.17, 15) is 0 Å². The summed E-state index contributed by atoms with van der Waals surface area (Å²) in [6, 6.07) is 16.2. The standard InChI is InChI=1S/C16H14N2S4/c1-11-3-7-13(8-4-11)21-15(19)17-18-16(20)22-14-9-5-12(2)6-10-14/h3-10H,1-2H3/b18-17+. The van der Waals surface area contributed by atoms with Crippen LogP contribution in [-0.4, -0.2) is 8.64 Å². The third-order valence-corrected chi connectivity index (χ3v) is 4.86. The van der Waals surface area contributed by atoms with Crippen molar-refractivity contribution in [3.05, 3.63) is 59.7 Å². The van der Waals surface area contributed by atoms with E-state index in [2.05, 4.69) is 10.2 Å². The van der Waals surface area contributed by atoms with Crippen LogP contribution in [-0.2, 0) is 0 Å². The molecule has 0 saturated heterocycles. The Bertz CT molecular complexity index is 630. The van der Waals surface area contributed by atoms with Crippen LogP contribution in [0.15, 0.2) is 68.6 Å². The number of hydrogen-bond donors (Lipinski definition) is 0. The summed E-state index contributed by atoms with van der Waals surface area (Å²) in [6.07, 6.45) is 0. The second kappa shape index (κ2) is 8.53. The van der Waals surface area contributed by atoms with Crippen molar-refractivity contribution >= 4 is 56.6 Å². The van der Waals surface area contributed by atoms with Crippen LogP contribution in [0.5, 0.6) is 0 Å². The molecule has 0 aliphatic rings. The molecule has 0 amide bonds. The van der Waals surface area contributed by atoms with Gasteiger partial charge in [0.2, 0.25) is 0 Å². The molecule has 112 valence electrons. The fourth-order valence-electron chi connectivity index (χ4n) is 1.54. The highest BCUT2D eigenvalue weighted by Crippen LogP contribution is 2.23. The van der Waals surface area contributed by atoms with Gasteiger partial charge in [0.25, 0.3) is 0 Å². The molecule has 0 atom stereocenters. The molecule has 6 heteroatoms. The lowest BCUT2D eigenvalue weighted by molar-refractivity contribution is 1.37. The first-order valence-electron chi connectivity index (χ1n) is 6.51. The topological polar surface area (TPSA) is 24.7 Å². The summed E-state index contributed by atoms with van der Waals surface area (Å²) in [5.41, 5.74) is 2.43. The van der Waals surface area contributed by atoms with E-state index in [0.29, 0.717) is 8.64 Å². The summed E-state index contributed by atoms with van der Waals surface area (Å²) in [7, 11) is 0. The first-order chi connectivity index (χ1) is 10.5. The molecule has 0 bridgehead atoms. The maximum absolute atomic E-state index is 5.20. The van der Waals surface area contributed by atoms with Gasteiger partial charge in [0, 0.05) is 9.79 Å². The number of thiocarbonyl (C=S) groups is 2. The lowest BCUT2D eigenvalue weighted by Crippen LogP contribution is -1.85. The van der Waals surface area contributed by atoms with Crippen LogP contribution in [0.4, 0.5) is 0 Å². The molecule has 0 N–H and O–H groups in total. The molecule has 2 rings (SSSR count). The van der Waals surface area contributed by atoms with E-state index in [4.69, 9.17) is 24.4 Å². The highest BCUT2D eigenvalue weighted by atomic mass is 32.2. The highest BCUT2D eigenvalue weighted by molar-refractivity contribution is 8.23. The summed E-state index contributed by atoms with van der Waals surface area (Å²) in [5, 5.41) is 8.03. The molecule has 0 aliphatic heterocycles. The van der Waals surface area contributed by atoms with E-state index >= 15 is 0 Å². The van der Waals surface area contributed by atoms with Crippen LogP contribution in [0.2, 0.25) is 0 Å². The Morgan fingerprint density at radius 1 is 0.682 bits per heavy atom. The fourth-order valence-corrected chi connectivity index (χ4v) is 3.31. The van der Waals surface area contributed by atoms with Gasteiger partial charge in [-0.15, -0.1) is 10.2 Å². The number of thioether (sulfide) groups is 2. The van der Waals surface area contributed by atoms with Crippen LogP contribution >= 0.6 is 48.0 Å². The number of hydrogen-bond acceptors (Lipinski definition) is 4. The van der Waals surface area contributed by atoms with Gasteiger partial charge in [0.15, 0.2) is 8.64 Å². The SMILES string of the molecule is Cc1ccc(SC(=S)/N=N/C(=S)Sc2ccc(C)cc2)cc1. The Labute approximate surface area is 149 Å². The number of benzene rings is 2. The van der Waals surface area contributed by atoms with Crippen LogP contribution in [0.1, 0.15) is 11.1 Å². The van der Waals surface area contributed by atoms with Gasteiger partial charge in [-0.05, 0) is 62.5 Å². The fraction of sp³-hybridized carbons (Fsp3) is 0.125. The van der Waals surface area contributed by atoms with Crippen molar-refractivity contribution in [3.63, 3.8) is 0 Å². The number of rotatable bonds is 2. The molecule has 0 radical (unpaired) electrons. The Morgan fingerprint density at radius 3 is 1.32 bits per heavy atom. The van der Waals surface area contributed by atoms with Crippen LogP contribution < -0.4 is 0 Å². The zero-order chi connectivity index (χ0) is 15.9. The van der Waals surface area contributed by atoms with E-state index in [1.807, 2.05) is 62.4 Å². The molecule has 2 aromatic carbocycles. The van der Waals surface area contributed by atoms with Crippen molar-refractivity contribution in [1.82, 2.24) is 0 Å². The molecule has 0 saturated carbocycles. The molecule has 0 fully saturated rings. The van der Waals surface area contributed by atoms with Crippen molar-refractivity contribution in [2.24, 2.45) is 10.2 Å². The number of nitrogens with zero attached hydrogens (tertiary/aromatic N) is 2. The molecule has 2 aromatic rings. The second-order valence-corrected chi connectivity index (χ2v) is 7.98. The van der Waals surface area contributed by atoms with Gasteiger partial charge in [-0.25, -0.2) is 0 Å². The van der Waals surface area contributed by atoms with Crippen molar-refractivity contribution in [1.29, 1.82) is 0 Å². The summed E-state index contributed by atoms with van der Waals surface area (Å²) in [4.78, 5) is 2.10. The van der Waals surface area contributed by atoms with E-state index < -0.39 is 0 Å². The Hall–Kier alpha value is -1.08. The minimum Gasteiger partial charge on any atom is -0.130 e. The van der Waals surface area contributed by atoms with Crippen molar-refractivity contribution in [3.8, 4) is 0 Å². The number of aryl methyl sites for hydroxylation is 2. The summed E-state index contributed by atoms with van der Waals surface area (Å²) in [5.74, 6) is 0. The van der Waals surface area contributed by atoms with E-state index in [1.165, 1.54) is 34.7 Å². The molecular weight excluding hydrogens is 348 g/mol. The first kappa shape index (κ1) is 17.3. The van der Waals surface area contributed by atoms with Gasteiger partial charge in [-0.2, -0.15) is 0 Å². The largest absolute Gasteiger partial charge is 0.187 e. The second-order valence-electron chi connectivity index (χ2n) is 4.56. The number of azo groups is 1. The molecule has 0 spiro atoms. The molecule has 0 unspecified atom stereocenters. The summed E-state index contributed by atoms with van der Waals surface area (Å²) in [6.45, 7) is 4.10. The van der Waals surface area contributed by atoms with Crippen LogP contribution in [0, 0.1) is 13.8 Å². The van der Waals surface area contributed by atoms with E-state index in [-0.39, 0.29) is 0 Å². The summed E-state index contributed by atoms with van der Waals surface area (Å²) >= 11 is 13.2. The van der Waals surface area contributed by atoms with Crippen LogP contribution in [0.25, 0.3) is 0 Å². The zero-order valence-corrected chi connectivity index (χ0v) is 15.4. The molecule has 0 aromatic heterocycles. The monoisotopic (exact) mass is 362 g/mol. The quantitative estimate of drug-likeness (QED) is 0.360. The normalized spacial score (nSPS) is 10.8. The van der Waals surface area contributed by atoms with E-state index in [0.717, 1.165) is 9.79 Å². The Kier molecular flexibility index (Phi) is 6.70. The van der Waals surface area contributed by atoms with Gasteiger partial charge < -0.3 is 0 Å². The molecule has 0 aliphatic carbocycles. The lowest BCUT2D eigenvalue weighted by Gasteiger charge is -2.00. The third-order valence-electron chi connectivity index (χ3n) is 2.67. The zero-order valence-electron chi connectivity index (χ0n) is 12.1. The Balaban J connectivity index is 1.87. The highest BCUT2D eigenvalue weighted by Gasteiger charge is 2.02. The molecule has 2 nitrogen and oxygen atoms in total. The van der Waals surface area contributed by atoms with Crippen molar-refractivity contribution < 1.29 is 0 Å². The van der Waals surface area contributed by atoms with Gasteiger partial charge in [0.05, 0.1) is 0 Å². The van der Waals surface area contributed by atoms with E-state index in [1.54, 1.807) is 0 Å². The molecule has 0 heterocycles. The average Bonchev–Trinajstić information content (AvgIpc) is 2.50. The van der Waals surface area contributed by atoms with Gasteiger partial charge >= 0.3 is 0 Å². The smallest absolute Gasteiger partial charge is 0.130 e. The lowest BCUT2D eigenvalue weighted by atomic mass is 10.2. The summed E-state index contributed by atoms with van der Waals surface area (Å²) < 4.78 is 0.909. The Morgan fingerprint density at radius 2 is 1.00 bits per heavy atom. The molecule has 22 heavy (non-hydrogen) atoms. The average molecular weight is 363 g/mol. The minimum atomic E-state index is 0.454. The van der Waals surface area contributed by atoms with Crippen LogP contribution in [0.3, 0.4) is 0 Å². The first-order valence-corrected chi connectivity index (χ1v) is 8.96. The van der Waals surface area contributed by atoms with Crippen molar-refractivity contribution in [2.45, 2.75) is 23.6 Å². The predicted octanol–water partition coefficient (Wildman–Crippen LogP) is 6.21. The minimum absolute atomic E-state index is 0.454. The maximum atomic E-state index is 5.20. The predicted molar refractivity (Wildman–Crippen MR) is 104 cm³/mol.